The molecule has 5 rings (SSSR count). The molecule has 9 nitrogen and oxygen atoms in total. The van der Waals surface area contributed by atoms with E-state index in [0.29, 0.717) is 47.9 Å². The number of nitrogens with one attached hydrogen (secondary N) is 1. The van der Waals surface area contributed by atoms with Crippen molar-refractivity contribution < 1.29 is 14.3 Å². The summed E-state index contributed by atoms with van der Waals surface area (Å²) in [6, 6.07) is 13.0. The number of rotatable bonds is 6. The number of carbonyl (C=O) groups excluding carboxylic acids is 1. The minimum atomic E-state index is -0.170. The fourth-order valence-corrected chi connectivity index (χ4v) is 4.98. The van der Waals surface area contributed by atoms with Crippen LogP contribution in [0.4, 0.5) is 5.69 Å². The first-order chi connectivity index (χ1) is 15.6. The number of aromatic nitrogens is 4. The highest BCUT2D eigenvalue weighted by Crippen LogP contribution is 2.32. The molecule has 4 aromatic rings. The molecule has 1 amide bonds. The number of thioether (sulfide) groups is 1. The number of nitrogens with zero attached hydrogens (tertiary/aromatic N) is 4. The molecule has 0 saturated heterocycles. The van der Waals surface area contributed by atoms with Crippen LogP contribution in [0.1, 0.15) is 5.82 Å². The summed E-state index contributed by atoms with van der Waals surface area (Å²) in [6.45, 7) is 1.32. The van der Waals surface area contributed by atoms with Gasteiger partial charge in [-0.15, -0.1) is 10.2 Å². The Morgan fingerprint density at radius 3 is 2.84 bits per heavy atom. The van der Waals surface area contributed by atoms with Gasteiger partial charge in [-0.2, -0.15) is 0 Å². The summed E-state index contributed by atoms with van der Waals surface area (Å²) in [5.41, 5.74) is 1.51. The Bertz CT molecular complexity index is 1360. The lowest BCUT2D eigenvalue weighted by atomic mass is 10.2. The van der Waals surface area contributed by atoms with Gasteiger partial charge < -0.3 is 19.4 Å². The van der Waals surface area contributed by atoms with E-state index in [-0.39, 0.29) is 16.5 Å². The smallest absolute Gasteiger partial charge is 0.308 e. The van der Waals surface area contributed by atoms with Gasteiger partial charge in [0.2, 0.25) is 5.91 Å². The summed E-state index contributed by atoms with van der Waals surface area (Å²) < 4.78 is 15.5. The van der Waals surface area contributed by atoms with Crippen LogP contribution in [0.5, 0.6) is 11.5 Å². The summed E-state index contributed by atoms with van der Waals surface area (Å²) in [7, 11) is 1.83. The SMILES string of the molecule is Cn1c(Cn2c(=O)sc3ccccc32)nnc1SCC(=O)Nc1ccc2c(c1)OCCO2. The van der Waals surface area contributed by atoms with Crippen LogP contribution in [-0.4, -0.2) is 44.2 Å². The van der Waals surface area contributed by atoms with E-state index in [1.807, 2.05) is 31.3 Å². The summed E-state index contributed by atoms with van der Waals surface area (Å²) >= 11 is 2.49. The van der Waals surface area contributed by atoms with Crippen LogP contribution in [0.25, 0.3) is 10.2 Å². The van der Waals surface area contributed by atoms with Crippen LogP contribution in [-0.2, 0) is 18.4 Å². The summed E-state index contributed by atoms with van der Waals surface area (Å²) in [5, 5.41) is 11.9. The Morgan fingerprint density at radius 2 is 1.97 bits per heavy atom. The van der Waals surface area contributed by atoms with Gasteiger partial charge in [0.1, 0.15) is 13.2 Å². The van der Waals surface area contributed by atoms with Gasteiger partial charge in [-0.1, -0.05) is 35.2 Å². The molecule has 0 aliphatic carbocycles. The van der Waals surface area contributed by atoms with E-state index in [1.165, 1.54) is 23.1 Å². The first kappa shape index (κ1) is 20.6. The Balaban J connectivity index is 1.23. The molecule has 32 heavy (non-hydrogen) atoms. The molecule has 0 radical (unpaired) electrons. The van der Waals surface area contributed by atoms with Crippen molar-refractivity contribution in [2.45, 2.75) is 11.7 Å². The molecule has 2 aromatic carbocycles. The van der Waals surface area contributed by atoms with E-state index in [1.54, 1.807) is 27.3 Å². The maximum Gasteiger partial charge on any atom is 0.308 e. The number of amides is 1. The van der Waals surface area contributed by atoms with Crippen LogP contribution in [0.15, 0.2) is 52.4 Å². The van der Waals surface area contributed by atoms with Crippen LogP contribution >= 0.6 is 23.1 Å². The summed E-state index contributed by atoms with van der Waals surface area (Å²) in [6.07, 6.45) is 0. The Labute approximate surface area is 191 Å². The molecule has 0 spiro atoms. The zero-order valence-corrected chi connectivity index (χ0v) is 18.7. The van der Waals surface area contributed by atoms with E-state index < -0.39 is 0 Å². The fourth-order valence-electron chi connectivity index (χ4n) is 3.36. The van der Waals surface area contributed by atoms with E-state index in [4.69, 9.17) is 9.47 Å². The van der Waals surface area contributed by atoms with E-state index in [9.17, 15) is 9.59 Å². The van der Waals surface area contributed by atoms with Crippen molar-refractivity contribution in [3.63, 3.8) is 0 Å². The predicted octanol–water partition coefficient (Wildman–Crippen LogP) is 2.74. The number of hydrogen-bond acceptors (Lipinski definition) is 8. The van der Waals surface area contributed by atoms with Gasteiger partial charge >= 0.3 is 4.87 Å². The van der Waals surface area contributed by atoms with Gasteiger partial charge in [0.05, 0.1) is 22.5 Å². The van der Waals surface area contributed by atoms with Crippen LogP contribution < -0.4 is 19.7 Å². The molecular formula is C21H19N5O4S2. The van der Waals surface area contributed by atoms with Gasteiger partial charge in [-0.25, -0.2) is 0 Å². The van der Waals surface area contributed by atoms with E-state index in [0.717, 1.165) is 10.2 Å². The van der Waals surface area contributed by atoms with Gasteiger partial charge in [0.15, 0.2) is 22.5 Å². The van der Waals surface area contributed by atoms with Crippen molar-refractivity contribution in [3.05, 3.63) is 58.0 Å². The number of thiazole rings is 1. The minimum Gasteiger partial charge on any atom is -0.486 e. The number of benzene rings is 2. The van der Waals surface area contributed by atoms with Crippen molar-refractivity contribution in [1.82, 2.24) is 19.3 Å². The van der Waals surface area contributed by atoms with Crippen molar-refractivity contribution in [2.24, 2.45) is 7.05 Å². The van der Waals surface area contributed by atoms with Gasteiger partial charge in [-0.05, 0) is 24.3 Å². The van der Waals surface area contributed by atoms with Crippen LogP contribution in [0, 0.1) is 0 Å². The molecule has 0 saturated carbocycles. The maximum absolute atomic E-state index is 12.4. The molecule has 0 unspecified atom stereocenters. The highest BCUT2D eigenvalue weighted by atomic mass is 32.2. The number of hydrogen-bond donors (Lipinski definition) is 1. The number of carbonyl (C=O) groups is 1. The summed E-state index contributed by atoms with van der Waals surface area (Å²) in [4.78, 5) is 24.8. The van der Waals surface area contributed by atoms with Gasteiger partial charge in [0, 0.05) is 18.8 Å². The minimum absolute atomic E-state index is 0.0396. The zero-order chi connectivity index (χ0) is 22.1. The third-order valence-corrected chi connectivity index (χ3v) is 6.94. The second kappa shape index (κ2) is 8.67. The molecule has 1 aliphatic rings. The second-order valence-electron chi connectivity index (χ2n) is 7.07. The first-order valence-corrected chi connectivity index (χ1v) is 11.7. The van der Waals surface area contributed by atoms with Crippen LogP contribution in [0.3, 0.4) is 0 Å². The fraction of sp³-hybridized carbons (Fsp3) is 0.238. The third-order valence-electron chi connectivity index (χ3n) is 4.96. The Morgan fingerprint density at radius 1 is 1.16 bits per heavy atom. The Hall–Kier alpha value is -3.31. The normalized spacial score (nSPS) is 12.8. The first-order valence-electron chi connectivity index (χ1n) is 9.87. The molecule has 1 N–H and O–H groups in total. The molecular weight excluding hydrogens is 450 g/mol. The topological polar surface area (TPSA) is 100 Å². The van der Waals surface area contributed by atoms with Crippen molar-refractivity contribution in [3.8, 4) is 11.5 Å². The average molecular weight is 470 g/mol. The number of para-hydroxylation sites is 1. The lowest BCUT2D eigenvalue weighted by molar-refractivity contribution is -0.113. The molecule has 1 aliphatic heterocycles. The third kappa shape index (κ3) is 4.08. The Kier molecular flexibility index (Phi) is 5.58. The molecule has 0 bridgehead atoms. The second-order valence-corrected chi connectivity index (χ2v) is 9.01. The lowest BCUT2D eigenvalue weighted by Gasteiger charge is -2.18. The molecule has 164 valence electrons. The number of fused-ring (bicyclic) bond motifs is 2. The van der Waals surface area contributed by atoms with Crippen molar-refractivity contribution in [2.75, 3.05) is 24.3 Å². The summed E-state index contributed by atoms with van der Waals surface area (Å²) in [5.74, 6) is 1.94. The largest absolute Gasteiger partial charge is 0.486 e. The number of ether oxygens (including phenoxy) is 2. The molecule has 0 fully saturated rings. The maximum atomic E-state index is 12.4. The molecule has 11 heteroatoms. The highest BCUT2D eigenvalue weighted by molar-refractivity contribution is 7.99. The number of anilines is 1. The molecule has 0 atom stereocenters. The molecule has 2 aromatic heterocycles. The zero-order valence-electron chi connectivity index (χ0n) is 17.1. The van der Waals surface area contributed by atoms with Crippen molar-refractivity contribution >= 4 is 44.9 Å². The van der Waals surface area contributed by atoms with Gasteiger partial charge in [0.25, 0.3) is 0 Å². The predicted molar refractivity (Wildman–Crippen MR) is 123 cm³/mol. The lowest BCUT2D eigenvalue weighted by Crippen LogP contribution is -2.17. The molecule has 3 heterocycles. The van der Waals surface area contributed by atoms with Gasteiger partial charge in [-0.3, -0.25) is 14.2 Å². The quantitative estimate of drug-likeness (QED) is 0.434. The standard InChI is InChI=1S/C21H19N5O4S2/c1-25-18(11-26-14-4-2-3-5-17(14)32-21(26)28)23-24-20(25)31-12-19(27)22-13-6-7-15-16(10-13)30-9-8-29-15/h2-7,10H,8-9,11-12H2,1H3,(H,22,27). The average Bonchev–Trinajstić information content (AvgIpc) is 3.31. The van der Waals surface area contributed by atoms with Crippen LogP contribution in [0.2, 0.25) is 0 Å². The van der Waals surface area contributed by atoms with Crippen molar-refractivity contribution in [1.29, 1.82) is 0 Å². The van der Waals surface area contributed by atoms with E-state index in [2.05, 4.69) is 15.5 Å². The highest BCUT2D eigenvalue weighted by Gasteiger charge is 2.16. The monoisotopic (exact) mass is 469 g/mol. The van der Waals surface area contributed by atoms with E-state index >= 15 is 0 Å².